The highest BCUT2D eigenvalue weighted by Crippen LogP contribution is 2.07. The maximum atomic E-state index is 12.3. The maximum absolute atomic E-state index is 12.3. The molecule has 0 spiro atoms. The summed E-state index contributed by atoms with van der Waals surface area (Å²) in [4.78, 5) is 18.7. The van der Waals surface area contributed by atoms with Crippen molar-refractivity contribution >= 4 is 5.91 Å². The summed E-state index contributed by atoms with van der Waals surface area (Å²) in [5, 5.41) is 2.94. The fraction of sp³-hybridized carbons (Fsp3) is 0.412. The van der Waals surface area contributed by atoms with Gasteiger partial charge in [0.05, 0.1) is 6.54 Å². The van der Waals surface area contributed by atoms with E-state index >= 15 is 0 Å². The highest BCUT2D eigenvalue weighted by Gasteiger charge is 2.08. The van der Waals surface area contributed by atoms with Gasteiger partial charge in [-0.25, -0.2) is 4.98 Å². The summed E-state index contributed by atoms with van der Waals surface area (Å²) >= 11 is 0. The molecule has 0 atom stereocenters. The van der Waals surface area contributed by atoms with Gasteiger partial charge in [0.15, 0.2) is 0 Å². The number of nitrogens with zero attached hydrogens (tertiary/aromatic N) is 3. The smallest absolute Gasteiger partial charge is 0.251 e. The molecule has 22 heavy (non-hydrogen) atoms. The number of nitrogens with one attached hydrogen (secondary N) is 1. The van der Waals surface area contributed by atoms with Crippen molar-refractivity contribution in [3.63, 3.8) is 0 Å². The number of rotatable bonds is 7. The van der Waals surface area contributed by atoms with E-state index in [-0.39, 0.29) is 5.91 Å². The topological polar surface area (TPSA) is 50.2 Å². The molecule has 2 aromatic rings. The van der Waals surface area contributed by atoms with Crippen LogP contribution in [-0.4, -0.2) is 34.5 Å². The Kier molecular flexibility index (Phi) is 5.72. The van der Waals surface area contributed by atoms with Gasteiger partial charge in [-0.05, 0) is 38.2 Å². The molecule has 0 radical (unpaired) electrons. The summed E-state index contributed by atoms with van der Waals surface area (Å²) in [5.41, 5.74) is 1.82. The standard InChI is InChI=1S/C17H24N4O/c1-4-9-21-10-8-18-16(21)12-19-17(22)15-7-5-6-14(11-15)13-20(2)3/h5-8,10-11H,4,9,12-13H2,1-3H3,(H,19,22). The second-order valence-electron chi connectivity index (χ2n) is 5.66. The van der Waals surface area contributed by atoms with Crippen LogP contribution in [0, 0.1) is 0 Å². The van der Waals surface area contributed by atoms with Gasteiger partial charge in [-0.2, -0.15) is 0 Å². The zero-order chi connectivity index (χ0) is 15.9. The predicted octanol–water partition coefficient (Wildman–Crippen LogP) is 2.28. The van der Waals surface area contributed by atoms with E-state index in [0.717, 1.165) is 30.9 Å². The maximum Gasteiger partial charge on any atom is 0.251 e. The lowest BCUT2D eigenvalue weighted by molar-refractivity contribution is 0.0949. The fourth-order valence-electron chi connectivity index (χ4n) is 2.39. The molecular formula is C17H24N4O. The molecule has 0 aliphatic carbocycles. The van der Waals surface area contributed by atoms with Crippen molar-refractivity contribution in [2.75, 3.05) is 14.1 Å². The van der Waals surface area contributed by atoms with Crippen LogP contribution in [0.3, 0.4) is 0 Å². The molecule has 118 valence electrons. The first kappa shape index (κ1) is 16.2. The largest absolute Gasteiger partial charge is 0.345 e. The minimum absolute atomic E-state index is 0.0633. The molecule has 1 amide bonds. The second-order valence-corrected chi connectivity index (χ2v) is 5.66. The van der Waals surface area contributed by atoms with Crippen LogP contribution in [0.25, 0.3) is 0 Å². The molecule has 0 aliphatic rings. The number of imidazole rings is 1. The first-order valence-electron chi connectivity index (χ1n) is 7.62. The summed E-state index contributed by atoms with van der Waals surface area (Å²) in [5.74, 6) is 0.825. The van der Waals surface area contributed by atoms with E-state index in [1.54, 1.807) is 6.20 Å². The van der Waals surface area contributed by atoms with Gasteiger partial charge in [-0.3, -0.25) is 4.79 Å². The molecule has 0 bridgehead atoms. The van der Waals surface area contributed by atoms with Crippen LogP contribution in [0.15, 0.2) is 36.7 Å². The van der Waals surface area contributed by atoms with E-state index in [2.05, 4.69) is 26.7 Å². The molecule has 1 N–H and O–H groups in total. The molecule has 1 aromatic heterocycles. The number of hydrogen-bond donors (Lipinski definition) is 1. The lowest BCUT2D eigenvalue weighted by Gasteiger charge is -2.11. The minimum atomic E-state index is -0.0633. The first-order chi connectivity index (χ1) is 10.6. The molecule has 0 unspecified atom stereocenters. The number of carbonyl (C=O) groups is 1. The first-order valence-corrected chi connectivity index (χ1v) is 7.62. The van der Waals surface area contributed by atoms with Crippen molar-refractivity contribution in [1.82, 2.24) is 19.8 Å². The van der Waals surface area contributed by atoms with Crippen LogP contribution in [0.4, 0.5) is 0 Å². The Morgan fingerprint density at radius 2 is 2.18 bits per heavy atom. The third-order valence-corrected chi connectivity index (χ3v) is 3.36. The molecule has 0 saturated carbocycles. The number of amides is 1. The Hall–Kier alpha value is -2.14. The number of aromatic nitrogens is 2. The number of carbonyl (C=O) groups excluding carboxylic acids is 1. The molecule has 2 rings (SSSR count). The van der Waals surface area contributed by atoms with Crippen molar-refractivity contribution in [2.45, 2.75) is 33.0 Å². The van der Waals surface area contributed by atoms with Gasteiger partial charge >= 0.3 is 0 Å². The average molecular weight is 300 g/mol. The summed E-state index contributed by atoms with van der Waals surface area (Å²) < 4.78 is 2.07. The Morgan fingerprint density at radius 3 is 2.91 bits per heavy atom. The van der Waals surface area contributed by atoms with Crippen LogP contribution in [-0.2, 0) is 19.6 Å². The lowest BCUT2D eigenvalue weighted by atomic mass is 10.1. The van der Waals surface area contributed by atoms with Crippen LogP contribution >= 0.6 is 0 Å². The number of benzene rings is 1. The Balaban J connectivity index is 1.98. The van der Waals surface area contributed by atoms with E-state index in [1.807, 2.05) is 44.6 Å². The van der Waals surface area contributed by atoms with E-state index in [4.69, 9.17) is 0 Å². The molecule has 0 aliphatic heterocycles. The Morgan fingerprint density at radius 1 is 1.36 bits per heavy atom. The molecule has 0 saturated heterocycles. The summed E-state index contributed by atoms with van der Waals surface area (Å²) in [6, 6.07) is 7.73. The molecule has 5 nitrogen and oxygen atoms in total. The van der Waals surface area contributed by atoms with E-state index < -0.39 is 0 Å². The van der Waals surface area contributed by atoms with Crippen LogP contribution in [0.5, 0.6) is 0 Å². The zero-order valence-electron chi connectivity index (χ0n) is 13.5. The average Bonchev–Trinajstić information content (AvgIpc) is 2.92. The monoisotopic (exact) mass is 300 g/mol. The second kappa shape index (κ2) is 7.75. The quantitative estimate of drug-likeness (QED) is 0.853. The van der Waals surface area contributed by atoms with Gasteiger partial charge in [0.1, 0.15) is 5.82 Å². The van der Waals surface area contributed by atoms with Crippen molar-refractivity contribution in [3.8, 4) is 0 Å². The van der Waals surface area contributed by atoms with Crippen LogP contribution < -0.4 is 5.32 Å². The van der Waals surface area contributed by atoms with Gasteiger partial charge in [-0.1, -0.05) is 19.1 Å². The summed E-state index contributed by atoms with van der Waals surface area (Å²) in [7, 11) is 4.03. The zero-order valence-corrected chi connectivity index (χ0v) is 13.5. The van der Waals surface area contributed by atoms with Gasteiger partial charge in [0.25, 0.3) is 5.91 Å². The number of aryl methyl sites for hydroxylation is 1. The van der Waals surface area contributed by atoms with Crippen molar-refractivity contribution in [3.05, 3.63) is 53.6 Å². The molecule has 1 heterocycles. The molecule has 0 fully saturated rings. The van der Waals surface area contributed by atoms with Crippen molar-refractivity contribution in [1.29, 1.82) is 0 Å². The predicted molar refractivity (Wildman–Crippen MR) is 87.5 cm³/mol. The van der Waals surface area contributed by atoms with E-state index in [1.165, 1.54) is 0 Å². The molecular weight excluding hydrogens is 276 g/mol. The summed E-state index contributed by atoms with van der Waals surface area (Å²) in [6.45, 7) is 4.31. The van der Waals surface area contributed by atoms with Gasteiger partial charge < -0.3 is 14.8 Å². The Labute approximate surface area is 132 Å². The fourth-order valence-corrected chi connectivity index (χ4v) is 2.39. The minimum Gasteiger partial charge on any atom is -0.345 e. The SMILES string of the molecule is CCCn1ccnc1CNC(=O)c1cccc(CN(C)C)c1. The molecule has 5 heteroatoms. The number of hydrogen-bond acceptors (Lipinski definition) is 3. The normalized spacial score (nSPS) is 10.9. The third-order valence-electron chi connectivity index (χ3n) is 3.36. The van der Waals surface area contributed by atoms with E-state index in [9.17, 15) is 4.79 Å². The Bertz CT molecular complexity index is 619. The van der Waals surface area contributed by atoms with Crippen molar-refractivity contribution in [2.24, 2.45) is 0 Å². The highest BCUT2D eigenvalue weighted by atomic mass is 16.1. The highest BCUT2D eigenvalue weighted by molar-refractivity contribution is 5.94. The van der Waals surface area contributed by atoms with Gasteiger partial charge in [-0.15, -0.1) is 0 Å². The summed E-state index contributed by atoms with van der Waals surface area (Å²) in [6.07, 6.45) is 4.77. The van der Waals surface area contributed by atoms with Gasteiger partial charge in [0, 0.05) is 31.0 Å². The third kappa shape index (κ3) is 4.43. The van der Waals surface area contributed by atoms with Gasteiger partial charge in [0.2, 0.25) is 0 Å². The molecule has 1 aromatic carbocycles. The van der Waals surface area contributed by atoms with E-state index in [0.29, 0.717) is 12.1 Å². The lowest BCUT2D eigenvalue weighted by Crippen LogP contribution is -2.25. The van der Waals surface area contributed by atoms with Crippen molar-refractivity contribution < 1.29 is 4.79 Å². The van der Waals surface area contributed by atoms with Crippen LogP contribution in [0.2, 0.25) is 0 Å². The van der Waals surface area contributed by atoms with Crippen LogP contribution in [0.1, 0.15) is 35.1 Å².